The van der Waals surface area contributed by atoms with Crippen LogP contribution in [0.1, 0.15) is 50.7 Å². The van der Waals surface area contributed by atoms with E-state index < -0.39 is 7.82 Å². The number of hydrogen-bond donors (Lipinski definition) is 1. The first-order valence-electron chi connectivity index (χ1n) is 11.8. The zero-order valence-electron chi connectivity index (χ0n) is 19.1. The molecule has 1 N–H and O–H groups in total. The molecule has 0 amide bonds. The van der Waals surface area contributed by atoms with Crippen LogP contribution in [0.4, 0.5) is 0 Å². The van der Waals surface area contributed by atoms with Crippen LogP contribution in [0, 0.1) is 0 Å². The Morgan fingerprint density at radius 1 is 0.697 bits per heavy atom. The summed E-state index contributed by atoms with van der Waals surface area (Å²) in [5.41, 5.74) is 4.20. The number of aryl methyl sites for hydroxylation is 2. The third-order valence-corrected chi connectivity index (χ3v) is 7.26. The Hall–Kier alpha value is -2.81. The van der Waals surface area contributed by atoms with E-state index in [1.807, 2.05) is 12.1 Å². The van der Waals surface area contributed by atoms with E-state index in [1.54, 1.807) is 12.1 Å². The summed E-state index contributed by atoms with van der Waals surface area (Å²) in [6, 6.07) is 20.4. The predicted octanol–water partition coefficient (Wildman–Crippen LogP) is 8.22. The molecule has 0 atom stereocenters. The average molecular weight is 461 g/mol. The molecule has 0 saturated carbocycles. The van der Waals surface area contributed by atoms with Gasteiger partial charge in [-0.05, 0) is 70.5 Å². The molecule has 1 aliphatic heterocycles. The highest BCUT2D eigenvalue weighted by atomic mass is 31.2. The SMILES string of the molecule is CCCCc1ccc2c3c(ccc2c1)OP(=O)(O)Oc1ccc2cc(CCCC)ccc2c1-3. The van der Waals surface area contributed by atoms with Crippen molar-refractivity contribution in [2.45, 2.75) is 52.4 Å². The second-order valence-electron chi connectivity index (χ2n) is 8.85. The number of rotatable bonds is 6. The fourth-order valence-corrected chi connectivity index (χ4v) is 5.57. The Morgan fingerprint density at radius 2 is 1.15 bits per heavy atom. The van der Waals surface area contributed by atoms with E-state index in [0.29, 0.717) is 11.5 Å². The minimum absolute atomic E-state index is 0.371. The number of phosphoric ester groups is 1. The quantitative estimate of drug-likeness (QED) is 0.295. The van der Waals surface area contributed by atoms with Gasteiger partial charge in [0.1, 0.15) is 11.5 Å². The topological polar surface area (TPSA) is 55.8 Å². The first-order valence-corrected chi connectivity index (χ1v) is 13.3. The van der Waals surface area contributed by atoms with E-state index in [9.17, 15) is 9.46 Å². The summed E-state index contributed by atoms with van der Waals surface area (Å²) in [4.78, 5) is 10.4. The number of phosphoric acid groups is 1. The van der Waals surface area contributed by atoms with E-state index in [0.717, 1.165) is 71.2 Å². The molecule has 170 valence electrons. The Bertz CT molecular complexity index is 1290. The van der Waals surface area contributed by atoms with Crippen LogP contribution in [-0.2, 0) is 17.4 Å². The van der Waals surface area contributed by atoms with Crippen molar-refractivity contribution in [3.8, 4) is 22.6 Å². The highest BCUT2D eigenvalue weighted by Crippen LogP contribution is 2.56. The largest absolute Gasteiger partial charge is 0.584 e. The molecule has 33 heavy (non-hydrogen) atoms. The molecule has 0 aliphatic carbocycles. The zero-order chi connectivity index (χ0) is 23.0. The summed E-state index contributed by atoms with van der Waals surface area (Å²) in [7, 11) is -4.30. The lowest BCUT2D eigenvalue weighted by Gasteiger charge is -2.14. The van der Waals surface area contributed by atoms with Gasteiger partial charge in [-0.25, -0.2) is 4.57 Å². The van der Waals surface area contributed by atoms with Gasteiger partial charge >= 0.3 is 7.82 Å². The predicted molar refractivity (Wildman–Crippen MR) is 135 cm³/mol. The van der Waals surface area contributed by atoms with Crippen molar-refractivity contribution in [2.24, 2.45) is 0 Å². The number of fused-ring (bicyclic) bond motifs is 7. The second-order valence-corrected chi connectivity index (χ2v) is 10.1. The maximum Gasteiger partial charge on any atom is 0.584 e. The van der Waals surface area contributed by atoms with Gasteiger partial charge in [0.25, 0.3) is 0 Å². The molecule has 0 aromatic heterocycles. The highest BCUT2D eigenvalue weighted by Gasteiger charge is 2.33. The lowest BCUT2D eigenvalue weighted by Crippen LogP contribution is -1.97. The van der Waals surface area contributed by atoms with Gasteiger partial charge in [0.05, 0.1) is 0 Å². The maximum atomic E-state index is 12.7. The van der Waals surface area contributed by atoms with E-state index in [2.05, 4.69) is 50.2 Å². The van der Waals surface area contributed by atoms with Crippen LogP contribution >= 0.6 is 7.82 Å². The van der Waals surface area contributed by atoms with Crippen molar-refractivity contribution < 1.29 is 18.5 Å². The molecule has 5 heteroatoms. The Labute approximate surface area is 194 Å². The lowest BCUT2D eigenvalue weighted by atomic mass is 9.90. The normalized spacial score (nSPS) is 14.3. The van der Waals surface area contributed by atoms with Gasteiger partial charge in [-0.2, -0.15) is 0 Å². The van der Waals surface area contributed by atoms with Gasteiger partial charge < -0.3 is 9.05 Å². The van der Waals surface area contributed by atoms with Gasteiger partial charge in [0.2, 0.25) is 0 Å². The third kappa shape index (κ3) is 4.26. The highest BCUT2D eigenvalue weighted by molar-refractivity contribution is 7.48. The summed E-state index contributed by atoms with van der Waals surface area (Å²) in [6.07, 6.45) is 6.67. The zero-order valence-corrected chi connectivity index (χ0v) is 20.0. The number of benzene rings is 4. The minimum atomic E-state index is -4.30. The molecule has 0 saturated heterocycles. The van der Waals surface area contributed by atoms with Crippen molar-refractivity contribution in [1.29, 1.82) is 0 Å². The smallest absolute Gasteiger partial charge is 0.395 e. The van der Waals surface area contributed by atoms with Crippen molar-refractivity contribution >= 4 is 29.4 Å². The van der Waals surface area contributed by atoms with Crippen molar-refractivity contribution in [3.05, 3.63) is 71.8 Å². The minimum Gasteiger partial charge on any atom is -0.395 e. The summed E-state index contributed by atoms with van der Waals surface area (Å²) in [6.45, 7) is 4.39. The van der Waals surface area contributed by atoms with Crippen LogP contribution in [0.25, 0.3) is 32.7 Å². The van der Waals surface area contributed by atoms with Gasteiger partial charge in [0.15, 0.2) is 0 Å². The lowest BCUT2D eigenvalue weighted by molar-refractivity contribution is 0.294. The first-order chi connectivity index (χ1) is 16.0. The monoisotopic (exact) mass is 460 g/mol. The summed E-state index contributed by atoms with van der Waals surface area (Å²) in [5.74, 6) is 0.743. The molecule has 4 nitrogen and oxygen atoms in total. The van der Waals surface area contributed by atoms with Crippen LogP contribution < -0.4 is 9.05 Å². The van der Waals surface area contributed by atoms with Gasteiger partial charge in [-0.3, -0.25) is 4.89 Å². The molecule has 1 aliphatic rings. The fourth-order valence-electron chi connectivity index (χ4n) is 4.73. The molecule has 0 fully saturated rings. The molecular formula is C28H29O4P. The molecule has 5 rings (SSSR count). The van der Waals surface area contributed by atoms with Crippen LogP contribution in [0.2, 0.25) is 0 Å². The van der Waals surface area contributed by atoms with Crippen LogP contribution in [0.5, 0.6) is 11.5 Å². The van der Waals surface area contributed by atoms with Crippen LogP contribution in [0.15, 0.2) is 60.7 Å². The van der Waals surface area contributed by atoms with Crippen molar-refractivity contribution in [1.82, 2.24) is 0 Å². The van der Waals surface area contributed by atoms with E-state index in [-0.39, 0.29) is 0 Å². The summed E-state index contributed by atoms with van der Waals surface area (Å²) >= 11 is 0. The Balaban J connectivity index is 1.76. The van der Waals surface area contributed by atoms with Gasteiger partial charge in [-0.1, -0.05) is 75.2 Å². The molecule has 4 aromatic rings. The average Bonchev–Trinajstić information content (AvgIpc) is 2.93. The Kier molecular flexibility index (Phi) is 5.90. The Morgan fingerprint density at radius 3 is 1.58 bits per heavy atom. The fraction of sp³-hybridized carbons (Fsp3) is 0.286. The molecule has 0 spiro atoms. The number of unbranched alkanes of at least 4 members (excludes halogenated alkanes) is 2. The third-order valence-electron chi connectivity index (χ3n) is 6.41. The van der Waals surface area contributed by atoms with E-state index in [4.69, 9.17) is 9.05 Å². The van der Waals surface area contributed by atoms with Crippen LogP contribution in [0.3, 0.4) is 0 Å². The van der Waals surface area contributed by atoms with Crippen molar-refractivity contribution in [2.75, 3.05) is 0 Å². The van der Waals surface area contributed by atoms with Gasteiger partial charge in [0, 0.05) is 11.1 Å². The molecule has 0 radical (unpaired) electrons. The second kappa shape index (κ2) is 8.85. The summed E-state index contributed by atoms with van der Waals surface area (Å²) < 4.78 is 23.8. The van der Waals surface area contributed by atoms with E-state index >= 15 is 0 Å². The number of hydrogen-bond acceptors (Lipinski definition) is 3. The molecule has 1 heterocycles. The van der Waals surface area contributed by atoms with Gasteiger partial charge in [-0.15, -0.1) is 0 Å². The molecule has 0 unspecified atom stereocenters. The molecular weight excluding hydrogens is 431 g/mol. The standard InChI is InChI=1S/C28H29O4P/c1-3-5-7-19-9-13-23-21(17-19)11-15-25-27(23)28-24-14-10-20(8-6-4-2)18-22(24)12-16-26(28)32-33(29,30)31-25/h9-18H,3-8H2,1-2H3,(H,29,30). The summed E-state index contributed by atoms with van der Waals surface area (Å²) in [5, 5.41) is 4.15. The van der Waals surface area contributed by atoms with Crippen molar-refractivity contribution in [3.63, 3.8) is 0 Å². The first kappa shape index (κ1) is 22.0. The molecule has 4 aromatic carbocycles. The molecule has 0 bridgehead atoms. The van der Waals surface area contributed by atoms with E-state index in [1.165, 1.54) is 11.1 Å². The van der Waals surface area contributed by atoms with Crippen LogP contribution in [-0.4, -0.2) is 4.89 Å². The maximum absolute atomic E-state index is 12.7.